The predicted octanol–water partition coefficient (Wildman–Crippen LogP) is 6.92. The molecule has 0 bridgehead atoms. The molecule has 0 fully saturated rings. The fourth-order valence-electron chi connectivity index (χ4n) is 5.30. The van der Waals surface area contributed by atoms with Crippen molar-refractivity contribution in [1.82, 2.24) is 14.5 Å². The molecule has 0 saturated carbocycles. The molecule has 5 nitrogen and oxygen atoms in total. The summed E-state index contributed by atoms with van der Waals surface area (Å²) in [7, 11) is 0. The van der Waals surface area contributed by atoms with Crippen molar-refractivity contribution in [2.75, 3.05) is 6.54 Å². The monoisotopic (exact) mass is 548 g/mol. The van der Waals surface area contributed by atoms with Gasteiger partial charge in [0.1, 0.15) is 11.7 Å². The summed E-state index contributed by atoms with van der Waals surface area (Å²) in [5.74, 6) is -1.01. The van der Waals surface area contributed by atoms with Crippen molar-refractivity contribution < 1.29 is 8.78 Å². The minimum Gasteiger partial charge on any atom is -0.343 e. The number of halogens is 3. The van der Waals surface area contributed by atoms with Crippen molar-refractivity contribution in [3.63, 3.8) is 0 Å². The lowest BCUT2D eigenvalue weighted by molar-refractivity contribution is 0.225. The Morgan fingerprint density at radius 2 is 1.74 bits per heavy atom. The van der Waals surface area contributed by atoms with Gasteiger partial charge < -0.3 is 4.90 Å². The Balaban J connectivity index is 1.74. The molecule has 3 aromatic carbocycles. The van der Waals surface area contributed by atoms with Gasteiger partial charge >= 0.3 is 0 Å². The Labute approximate surface area is 231 Å². The molecule has 0 radical (unpaired) electrons. The molecule has 8 heteroatoms. The van der Waals surface area contributed by atoms with E-state index in [-0.39, 0.29) is 22.6 Å². The fourth-order valence-corrected chi connectivity index (χ4v) is 5.46. The maximum absolute atomic E-state index is 15.3. The number of aliphatic imine (C=N–C) groups is 1. The molecule has 2 heterocycles. The third kappa shape index (κ3) is 5.08. The van der Waals surface area contributed by atoms with Crippen molar-refractivity contribution in [3.05, 3.63) is 110 Å². The number of amidine groups is 1. The maximum Gasteiger partial charge on any atom is 0.261 e. The first-order valence-corrected chi connectivity index (χ1v) is 13.4. The van der Waals surface area contributed by atoms with Gasteiger partial charge in [0, 0.05) is 11.6 Å². The van der Waals surface area contributed by atoms with Crippen LogP contribution in [0.2, 0.25) is 5.02 Å². The van der Waals surface area contributed by atoms with E-state index in [1.54, 1.807) is 34.9 Å². The highest BCUT2D eigenvalue weighted by Gasteiger charge is 2.41. The predicted molar refractivity (Wildman–Crippen MR) is 153 cm³/mol. The Bertz CT molecular complexity index is 1650. The summed E-state index contributed by atoms with van der Waals surface area (Å²) in [6.07, 6.45) is 0. The number of fused-ring (bicyclic) bond motifs is 1. The van der Waals surface area contributed by atoms with Crippen LogP contribution in [-0.4, -0.2) is 32.4 Å². The number of rotatable bonds is 6. The Morgan fingerprint density at radius 3 is 2.44 bits per heavy atom. The third-order valence-corrected chi connectivity index (χ3v) is 7.35. The van der Waals surface area contributed by atoms with Gasteiger partial charge in [-0.15, -0.1) is 0 Å². The second-order valence-corrected chi connectivity index (χ2v) is 11.6. The number of nitrogens with zero attached hydrogens (tertiary/aromatic N) is 4. The second kappa shape index (κ2) is 10.2. The van der Waals surface area contributed by atoms with Crippen LogP contribution in [-0.2, 0) is 6.54 Å². The molecule has 1 atom stereocenters. The highest BCUT2D eigenvalue weighted by atomic mass is 35.5. The van der Waals surface area contributed by atoms with Crippen molar-refractivity contribution in [1.29, 1.82) is 0 Å². The molecular formula is C31H31ClF2N4O. The highest BCUT2D eigenvalue weighted by Crippen LogP contribution is 2.37. The van der Waals surface area contributed by atoms with Gasteiger partial charge in [-0.2, -0.15) is 0 Å². The van der Waals surface area contributed by atoms with Gasteiger partial charge in [-0.3, -0.25) is 14.4 Å². The summed E-state index contributed by atoms with van der Waals surface area (Å²) in [4.78, 5) is 25.8. The van der Waals surface area contributed by atoms with E-state index in [0.29, 0.717) is 40.7 Å². The van der Waals surface area contributed by atoms with Crippen molar-refractivity contribution in [3.8, 4) is 0 Å². The van der Waals surface area contributed by atoms with Crippen LogP contribution >= 0.6 is 11.6 Å². The molecule has 0 N–H and O–H groups in total. The van der Waals surface area contributed by atoms with Crippen LogP contribution in [0.3, 0.4) is 0 Å². The Morgan fingerprint density at radius 1 is 1.03 bits per heavy atom. The number of aryl methyl sites for hydroxylation is 1. The molecule has 1 aromatic heterocycles. The molecule has 0 amide bonds. The van der Waals surface area contributed by atoms with Gasteiger partial charge in [0.25, 0.3) is 5.56 Å². The summed E-state index contributed by atoms with van der Waals surface area (Å²) < 4.78 is 31.7. The van der Waals surface area contributed by atoms with Crippen LogP contribution in [0, 0.1) is 24.5 Å². The summed E-state index contributed by atoms with van der Waals surface area (Å²) in [6, 6.07) is 17.4. The molecule has 1 unspecified atom stereocenters. The smallest absolute Gasteiger partial charge is 0.261 e. The zero-order chi connectivity index (χ0) is 28.1. The van der Waals surface area contributed by atoms with Crippen LogP contribution in [0.5, 0.6) is 0 Å². The minimum atomic E-state index is -0.932. The Kier molecular flexibility index (Phi) is 7.06. The van der Waals surface area contributed by atoms with Crippen molar-refractivity contribution in [2.45, 2.75) is 52.7 Å². The van der Waals surface area contributed by atoms with Crippen LogP contribution < -0.4 is 5.56 Å². The van der Waals surface area contributed by atoms with E-state index >= 15 is 4.39 Å². The largest absolute Gasteiger partial charge is 0.343 e. The Hall–Kier alpha value is -3.58. The van der Waals surface area contributed by atoms with Crippen molar-refractivity contribution >= 4 is 28.3 Å². The highest BCUT2D eigenvalue weighted by molar-refractivity contribution is 6.31. The summed E-state index contributed by atoms with van der Waals surface area (Å²) >= 11 is 6.29. The van der Waals surface area contributed by atoms with E-state index < -0.39 is 23.2 Å². The molecule has 1 aliphatic rings. The minimum absolute atomic E-state index is 0.0620. The van der Waals surface area contributed by atoms with Gasteiger partial charge in [-0.25, -0.2) is 13.8 Å². The zero-order valence-corrected chi connectivity index (χ0v) is 23.4. The SMILES string of the molecule is Cc1ccc(C2=NC(C)(C)CN2C(c2nc3cc(Cl)ccc3c(=O)n2Cc2ccccc2)C(C)C)c(F)c1F. The number of hydrogen-bond donors (Lipinski definition) is 0. The lowest BCUT2D eigenvalue weighted by Crippen LogP contribution is -2.42. The van der Waals surface area contributed by atoms with Gasteiger partial charge in [0.05, 0.1) is 34.6 Å². The quantitative estimate of drug-likeness (QED) is 0.263. The number of hydrogen-bond acceptors (Lipinski definition) is 4. The lowest BCUT2D eigenvalue weighted by Gasteiger charge is -2.35. The molecule has 1 aliphatic heterocycles. The lowest BCUT2D eigenvalue weighted by atomic mass is 9.97. The van der Waals surface area contributed by atoms with E-state index in [0.717, 1.165) is 5.56 Å². The molecule has 0 spiro atoms. The average molecular weight is 549 g/mol. The summed E-state index contributed by atoms with van der Waals surface area (Å²) in [5.41, 5.74) is 0.996. The average Bonchev–Trinajstić information content (AvgIpc) is 3.19. The van der Waals surface area contributed by atoms with Crippen LogP contribution in [0.15, 0.2) is 70.5 Å². The molecule has 0 saturated heterocycles. The first-order chi connectivity index (χ1) is 18.5. The molecule has 202 valence electrons. The summed E-state index contributed by atoms with van der Waals surface area (Å²) in [5, 5.41) is 0.938. The molecule has 4 aromatic rings. The second-order valence-electron chi connectivity index (χ2n) is 11.1. The number of benzene rings is 3. The standard InChI is InChI=1S/C31H31ClF2N4O/c1-18(2)27(38-17-31(4,5)36-28(38)23-13-11-19(3)25(33)26(23)34)29-35-24-15-21(32)12-14-22(24)30(39)37(29)16-20-9-7-6-8-10-20/h6-15,18,27H,16-17H2,1-5H3. The van der Waals surface area contributed by atoms with Crippen LogP contribution in [0.4, 0.5) is 8.78 Å². The van der Waals surface area contributed by atoms with Gasteiger partial charge in [-0.05, 0) is 62.1 Å². The number of aromatic nitrogens is 2. The normalized spacial score (nSPS) is 15.7. The molecule has 0 aliphatic carbocycles. The molecule has 39 heavy (non-hydrogen) atoms. The van der Waals surface area contributed by atoms with Gasteiger partial charge in [0.2, 0.25) is 0 Å². The molecule has 5 rings (SSSR count). The van der Waals surface area contributed by atoms with Crippen LogP contribution in [0.25, 0.3) is 10.9 Å². The first kappa shape index (κ1) is 27.0. The van der Waals surface area contributed by atoms with Gasteiger partial charge in [-0.1, -0.05) is 61.8 Å². The van der Waals surface area contributed by atoms with E-state index in [2.05, 4.69) is 0 Å². The topological polar surface area (TPSA) is 50.5 Å². The van der Waals surface area contributed by atoms with E-state index in [1.807, 2.05) is 62.9 Å². The maximum atomic E-state index is 15.3. The summed E-state index contributed by atoms with van der Waals surface area (Å²) in [6.45, 7) is 10.2. The zero-order valence-electron chi connectivity index (χ0n) is 22.7. The van der Waals surface area contributed by atoms with E-state index in [4.69, 9.17) is 21.6 Å². The van der Waals surface area contributed by atoms with Crippen LogP contribution in [0.1, 0.15) is 56.3 Å². The van der Waals surface area contributed by atoms with Gasteiger partial charge in [0.15, 0.2) is 11.6 Å². The van der Waals surface area contributed by atoms with E-state index in [9.17, 15) is 9.18 Å². The third-order valence-electron chi connectivity index (χ3n) is 7.12. The fraction of sp³-hybridized carbons (Fsp3) is 0.323. The molecular weight excluding hydrogens is 518 g/mol. The van der Waals surface area contributed by atoms with E-state index in [1.165, 1.54) is 6.92 Å². The van der Waals surface area contributed by atoms with Crippen molar-refractivity contribution in [2.24, 2.45) is 10.9 Å². The first-order valence-electron chi connectivity index (χ1n) is 13.0.